The second-order valence-electron chi connectivity index (χ2n) is 5.44. The lowest BCUT2D eigenvalue weighted by Gasteiger charge is -2.37. The first-order chi connectivity index (χ1) is 10.5. The van der Waals surface area contributed by atoms with E-state index < -0.39 is 8.56 Å². The van der Waals surface area contributed by atoms with Gasteiger partial charge in [0, 0.05) is 19.0 Å². The monoisotopic (exact) mass is 346 g/mol. The van der Waals surface area contributed by atoms with Crippen LogP contribution in [0, 0.1) is 0 Å². The van der Waals surface area contributed by atoms with Gasteiger partial charge in [0.15, 0.2) is 0 Å². The van der Waals surface area contributed by atoms with Crippen LogP contribution in [0.1, 0.15) is 41.5 Å². The Kier molecular flexibility index (Phi) is 12.4. The molecule has 0 aromatic rings. The molecule has 0 rings (SSSR count). The van der Waals surface area contributed by atoms with Crippen LogP contribution in [-0.4, -0.2) is 73.1 Å². The first-order valence-corrected chi connectivity index (χ1v) is 13.0. The molecule has 0 unspecified atom stereocenters. The Hall–Kier alpha value is 0.0138. The van der Waals surface area contributed by atoms with Gasteiger partial charge in [-0.15, -0.1) is 5.70 Å². The molecule has 0 aromatic heterocycles. The Morgan fingerprint density at radius 3 is 1.59 bits per heavy atom. The normalized spacial score (nSPS) is 13.7. The number of nitrogens with zero attached hydrogens (tertiary/aromatic N) is 2. The molecule has 0 radical (unpaired) electrons. The fourth-order valence-corrected chi connectivity index (χ4v) is 8.49. The minimum atomic E-state index is -2.11. The summed E-state index contributed by atoms with van der Waals surface area (Å²) in [6, 6.07) is 0. The third kappa shape index (κ3) is 7.52. The summed E-state index contributed by atoms with van der Waals surface area (Å²) in [5.74, 6) is 0.600. The van der Waals surface area contributed by atoms with Crippen LogP contribution in [0.4, 0.5) is 0 Å². The van der Waals surface area contributed by atoms with E-state index in [1.807, 2.05) is 13.8 Å². The van der Waals surface area contributed by atoms with Gasteiger partial charge in [-0.05, 0) is 46.6 Å². The molecule has 0 aliphatic carbocycles. The van der Waals surface area contributed by atoms with Crippen LogP contribution in [0.25, 0.3) is 0 Å². The Labute approximate surface area is 141 Å². The lowest BCUT2D eigenvalue weighted by Crippen LogP contribution is -2.51. The topological polar surface area (TPSA) is 24.9 Å². The molecule has 22 heavy (non-hydrogen) atoms. The third-order valence-electron chi connectivity index (χ3n) is 4.10. The van der Waals surface area contributed by atoms with E-state index in [-0.39, 0.29) is 9.52 Å². The number of hydrogen-bond acceptors (Lipinski definition) is 4. The van der Waals surface area contributed by atoms with Gasteiger partial charge in [-0.1, -0.05) is 33.4 Å². The second-order valence-corrected chi connectivity index (χ2v) is 10.1. The van der Waals surface area contributed by atoms with Gasteiger partial charge in [0.1, 0.15) is 0 Å². The third-order valence-corrected chi connectivity index (χ3v) is 9.10. The molecule has 0 aromatic carbocycles. The van der Waals surface area contributed by atoms with Crippen LogP contribution in [-0.2, 0) is 8.85 Å². The van der Waals surface area contributed by atoms with Gasteiger partial charge in [-0.2, -0.15) is 0 Å². The molecule has 6 heteroatoms. The molecule has 0 bridgehead atoms. The Bertz CT molecular complexity index is 278. The lowest BCUT2D eigenvalue weighted by atomic mass is 10.5. The molecule has 0 aliphatic heterocycles. The maximum atomic E-state index is 5.90. The Morgan fingerprint density at radius 1 is 0.864 bits per heavy atom. The van der Waals surface area contributed by atoms with E-state index in [1.54, 1.807) is 0 Å². The fourth-order valence-electron chi connectivity index (χ4n) is 2.93. The summed E-state index contributed by atoms with van der Waals surface area (Å²) in [5, 5.41) is 0. The Balaban J connectivity index is 4.95. The SMILES string of the molecule is CCO[Si](C)(C=C[SiH2]C(N(CC)CC)N(CC)CC)OCC. The minimum Gasteiger partial charge on any atom is -0.392 e. The molecule has 132 valence electrons. The van der Waals surface area contributed by atoms with Crippen LogP contribution < -0.4 is 0 Å². The number of hydrogen-bond donors (Lipinski definition) is 0. The van der Waals surface area contributed by atoms with Crippen LogP contribution in [0.3, 0.4) is 0 Å². The smallest absolute Gasteiger partial charge is 0.361 e. The molecule has 0 spiro atoms. The zero-order valence-electron chi connectivity index (χ0n) is 15.9. The largest absolute Gasteiger partial charge is 0.392 e. The van der Waals surface area contributed by atoms with Gasteiger partial charge in [0.2, 0.25) is 0 Å². The van der Waals surface area contributed by atoms with E-state index in [9.17, 15) is 0 Å². The maximum absolute atomic E-state index is 5.90. The van der Waals surface area contributed by atoms with E-state index in [4.69, 9.17) is 8.85 Å². The van der Waals surface area contributed by atoms with Crippen molar-refractivity contribution in [2.24, 2.45) is 0 Å². The molecule has 0 amide bonds. The average Bonchev–Trinajstić information content (AvgIpc) is 2.49. The van der Waals surface area contributed by atoms with Crippen molar-refractivity contribution in [1.82, 2.24) is 9.80 Å². The molecular weight excluding hydrogens is 308 g/mol. The molecular formula is C16H38N2O2Si2. The summed E-state index contributed by atoms with van der Waals surface area (Å²) in [6.45, 7) is 21.2. The lowest BCUT2D eigenvalue weighted by molar-refractivity contribution is 0.116. The summed E-state index contributed by atoms with van der Waals surface area (Å²) < 4.78 is 11.8. The highest BCUT2D eigenvalue weighted by Crippen LogP contribution is 2.10. The van der Waals surface area contributed by atoms with Crippen molar-refractivity contribution in [3.63, 3.8) is 0 Å². The van der Waals surface area contributed by atoms with Crippen molar-refractivity contribution in [3.05, 3.63) is 11.4 Å². The highest BCUT2D eigenvalue weighted by molar-refractivity contribution is 6.72. The number of rotatable bonds is 13. The van der Waals surface area contributed by atoms with E-state index in [1.165, 1.54) is 0 Å². The molecule has 0 atom stereocenters. The van der Waals surface area contributed by atoms with Crippen molar-refractivity contribution in [2.45, 2.75) is 53.9 Å². The van der Waals surface area contributed by atoms with Gasteiger partial charge >= 0.3 is 8.56 Å². The minimum absolute atomic E-state index is 0.381. The summed E-state index contributed by atoms with van der Waals surface area (Å²) in [6.07, 6.45) is 0. The predicted molar refractivity (Wildman–Crippen MR) is 102 cm³/mol. The van der Waals surface area contributed by atoms with Crippen molar-refractivity contribution in [1.29, 1.82) is 0 Å². The second kappa shape index (κ2) is 12.4. The highest BCUT2D eigenvalue weighted by atomic mass is 28.4. The van der Waals surface area contributed by atoms with Crippen LogP contribution in [0.2, 0.25) is 6.55 Å². The predicted octanol–water partition coefficient (Wildman–Crippen LogP) is 2.32. The van der Waals surface area contributed by atoms with Crippen LogP contribution >= 0.6 is 0 Å². The highest BCUT2D eigenvalue weighted by Gasteiger charge is 2.27. The average molecular weight is 347 g/mol. The van der Waals surface area contributed by atoms with Gasteiger partial charge in [-0.25, -0.2) is 0 Å². The molecule has 4 nitrogen and oxygen atoms in total. The molecule has 0 saturated heterocycles. The standard InChI is InChI=1S/C16H38N2O2Si2/c1-8-17(9-2)16(18(10-3)11-4)21-14-15-22(7,19-12-5)20-13-6/h14-16H,8-13,21H2,1-7H3. The molecule has 0 heterocycles. The zero-order chi connectivity index (χ0) is 17.0. The maximum Gasteiger partial charge on any atom is 0.361 e. The first kappa shape index (κ1) is 22.0. The van der Waals surface area contributed by atoms with Gasteiger partial charge < -0.3 is 8.85 Å². The summed E-state index contributed by atoms with van der Waals surface area (Å²) >= 11 is 0. The van der Waals surface area contributed by atoms with Crippen LogP contribution in [0.5, 0.6) is 0 Å². The molecule has 0 N–H and O–H groups in total. The van der Waals surface area contributed by atoms with E-state index in [2.05, 4.69) is 55.4 Å². The summed E-state index contributed by atoms with van der Waals surface area (Å²) in [4.78, 5) is 5.17. The molecule has 0 aliphatic rings. The van der Waals surface area contributed by atoms with Crippen LogP contribution in [0.15, 0.2) is 11.4 Å². The van der Waals surface area contributed by atoms with E-state index in [0.717, 1.165) is 39.4 Å². The van der Waals surface area contributed by atoms with Gasteiger partial charge in [0.25, 0.3) is 0 Å². The first-order valence-electron chi connectivity index (χ1n) is 8.95. The molecule has 0 fully saturated rings. The van der Waals surface area contributed by atoms with E-state index >= 15 is 0 Å². The molecule has 0 saturated carbocycles. The summed E-state index contributed by atoms with van der Waals surface area (Å²) in [5.41, 5.74) is 4.69. The van der Waals surface area contributed by atoms with Crippen molar-refractivity contribution < 1.29 is 8.85 Å². The van der Waals surface area contributed by atoms with Crippen molar-refractivity contribution >= 4 is 18.1 Å². The van der Waals surface area contributed by atoms with Gasteiger partial charge in [0.05, 0.1) is 9.52 Å². The summed E-state index contributed by atoms with van der Waals surface area (Å²) in [7, 11) is -2.49. The van der Waals surface area contributed by atoms with Crippen molar-refractivity contribution in [2.75, 3.05) is 39.4 Å². The Morgan fingerprint density at radius 2 is 1.27 bits per heavy atom. The van der Waals surface area contributed by atoms with E-state index in [0.29, 0.717) is 5.79 Å². The quantitative estimate of drug-likeness (QED) is 0.377. The van der Waals surface area contributed by atoms with Gasteiger partial charge in [-0.3, -0.25) is 9.80 Å². The fraction of sp³-hybridized carbons (Fsp3) is 0.875. The zero-order valence-corrected chi connectivity index (χ0v) is 18.3. The van der Waals surface area contributed by atoms with Crippen molar-refractivity contribution in [3.8, 4) is 0 Å².